The van der Waals surface area contributed by atoms with Crippen LogP contribution in [-0.4, -0.2) is 32.7 Å². The van der Waals surface area contributed by atoms with Crippen LogP contribution in [0.2, 0.25) is 0 Å². The fraction of sp³-hybridized carbons (Fsp3) is 0.294. The van der Waals surface area contributed by atoms with Crippen LogP contribution in [0.5, 0.6) is 0 Å². The summed E-state index contributed by atoms with van der Waals surface area (Å²) >= 11 is 0. The Morgan fingerprint density at radius 1 is 1.17 bits per heavy atom. The molecular weight excluding hydrogens is 293 g/mol. The van der Waals surface area contributed by atoms with E-state index in [-0.39, 0.29) is 5.82 Å². The van der Waals surface area contributed by atoms with Gasteiger partial charge in [0.05, 0.1) is 17.1 Å². The van der Waals surface area contributed by atoms with Crippen LogP contribution in [0.3, 0.4) is 0 Å². The number of rotatable bonds is 3. The lowest BCUT2D eigenvalue weighted by Gasteiger charge is -2.06. The zero-order chi connectivity index (χ0) is 15.8. The Morgan fingerprint density at radius 3 is 2.65 bits per heavy atom. The number of aryl methyl sites for hydroxylation is 1. The van der Waals surface area contributed by atoms with Crippen LogP contribution in [-0.2, 0) is 7.05 Å². The monoisotopic (exact) mass is 311 g/mol. The van der Waals surface area contributed by atoms with Crippen molar-refractivity contribution < 1.29 is 4.39 Å². The van der Waals surface area contributed by atoms with Crippen molar-refractivity contribution in [3.8, 4) is 16.9 Å². The van der Waals surface area contributed by atoms with Gasteiger partial charge in [0.1, 0.15) is 5.82 Å². The van der Waals surface area contributed by atoms with E-state index in [1.54, 1.807) is 16.8 Å². The van der Waals surface area contributed by atoms with Crippen molar-refractivity contribution in [3.63, 3.8) is 0 Å². The van der Waals surface area contributed by atoms with Crippen molar-refractivity contribution in [2.24, 2.45) is 7.05 Å². The van der Waals surface area contributed by atoms with Crippen LogP contribution >= 0.6 is 0 Å². The molecule has 3 aromatic rings. The van der Waals surface area contributed by atoms with Gasteiger partial charge in [-0.2, -0.15) is 10.2 Å². The van der Waals surface area contributed by atoms with E-state index < -0.39 is 0 Å². The minimum Gasteiger partial charge on any atom is -0.316 e. The van der Waals surface area contributed by atoms with E-state index in [0.29, 0.717) is 5.92 Å². The molecule has 1 saturated heterocycles. The van der Waals surface area contributed by atoms with Crippen molar-refractivity contribution in [1.29, 1.82) is 0 Å². The Labute approximate surface area is 133 Å². The van der Waals surface area contributed by atoms with Crippen molar-refractivity contribution >= 4 is 0 Å². The van der Waals surface area contributed by atoms with Gasteiger partial charge in [-0.15, -0.1) is 0 Å². The first-order valence-corrected chi connectivity index (χ1v) is 7.77. The molecule has 1 aromatic carbocycles. The molecule has 0 saturated carbocycles. The smallest absolute Gasteiger partial charge is 0.123 e. The maximum atomic E-state index is 13.1. The van der Waals surface area contributed by atoms with Crippen molar-refractivity contribution in [3.05, 3.63) is 54.2 Å². The lowest BCUT2D eigenvalue weighted by Crippen LogP contribution is -2.09. The molecule has 0 radical (unpaired) electrons. The average molecular weight is 311 g/mol. The third kappa shape index (κ3) is 2.66. The molecule has 1 aliphatic rings. The number of hydrogen-bond acceptors (Lipinski definition) is 3. The van der Waals surface area contributed by atoms with E-state index in [1.807, 2.05) is 30.2 Å². The minimum absolute atomic E-state index is 0.244. The van der Waals surface area contributed by atoms with E-state index in [2.05, 4.69) is 10.4 Å². The molecule has 0 aliphatic carbocycles. The van der Waals surface area contributed by atoms with E-state index >= 15 is 0 Å². The highest BCUT2D eigenvalue weighted by molar-refractivity contribution is 5.62. The maximum Gasteiger partial charge on any atom is 0.123 e. The molecular formula is C17H18FN5. The number of nitrogens with zero attached hydrogens (tertiary/aromatic N) is 4. The molecule has 118 valence electrons. The molecule has 0 spiro atoms. The molecule has 1 fully saturated rings. The molecule has 0 bridgehead atoms. The van der Waals surface area contributed by atoms with Crippen LogP contribution < -0.4 is 5.32 Å². The second-order valence-electron chi connectivity index (χ2n) is 5.91. The summed E-state index contributed by atoms with van der Waals surface area (Å²) in [5, 5.41) is 12.7. The summed E-state index contributed by atoms with van der Waals surface area (Å²) in [6, 6.07) is 8.38. The average Bonchev–Trinajstić information content (AvgIpc) is 3.27. The molecule has 1 unspecified atom stereocenters. The first kappa shape index (κ1) is 14.1. The van der Waals surface area contributed by atoms with Gasteiger partial charge in [0.2, 0.25) is 0 Å². The summed E-state index contributed by atoms with van der Waals surface area (Å²) in [5.74, 6) is 0.139. The Morgan fingerprint density at radius 2 is 2.00 bits per heavy atom. The fourth-order valence-corrected chi connectivity index (χ4v) is 3.06. The second-order valence-corrected chi connectivity index (χ2v) is 5.91. The molecule has 2 aromatic heterocycles. The van der Waals surface area contributed by atoms with Gasteiger partial charge in [0.15, 0.2) is 0 Å². The van der Waals surface area contributed by atoms with Crippen LogP contribution in [0.25, 0.3) is 16.9 Å². The number of hydrogen-bond donors (Lipinski definition) is 1. The van der Waals surface area contributed by atoms with Crippen LogP contribution in [0.1, 0.15) is 18.0 Å². The van der Waals surface area contributed by atoms with Gasteiger partial charge in [0, 0.05) is 37.5 Å². The highest BCUT2D eigenvalue weighted by Gasteiger charge is 2.25. The molecule has 0 amide bonds. The van der Waals surface area contributed by atoms with Gasteiger partial charge in [-0.25, -0.2) is 9.07 Å². The Bertz CT molecular complexity index is 812. The predicted octanol–water partition coefficient (Wildman–Crippen LogP) is 2.49. The summed E-state index contributed by atoms with van der Waals surface area (Å²) < 4.78 is 16.8. The van der Waals surface area contributed by atoms with Gasteiger partial charge < -0.3 is 5.32 Å². The standard InChI is InChI=1S/C17H18FN5/c1-22-9-7-16(20-22)15-11-23(14-4-2-13(18)3-5-14)21-17(15)12-6-8-19-10-12/h2-5,7,9,11-12,19H,6,8,10H2,1H3. The van der Waals surface area contributed by atoms with Crippen molar-refractivity contribution in [2.45, 2.75) is 12.3 Å². The van der Waals surface area contributed by atoms with Crippen LogP contribution in [0.4, 0.5) is 4.39 Å². The van der Waals surface area contributed by atoms with Gasteiger partial charge in [-0.05, 0) is 43.3 Å². The maximum absolute atomic E-state index is 13.1. The molecule has 23 heavy (non-hydrogen) atoms. The van der Waals surface area contributed by atoms with Crippen LogP contribution in [0, 0.1) is 5.82 Å². The van der Waals surface area contributed by atoms with E-state index in [0.717, 1.165) is 42.1 Å². The van der Waals surface area contributed by atoms with E-state index in [1.165, 1.54) is 12.1 Å². The molecule has 6 heteroatoms. The normalized spacial score (nSPS) is 17.7. The summed E-state index contributed by atoms with van der Waals surface area (Å²) in [5.41, 5.74) is 3.87. The Balaban J connectivity index is 1.81. The largest absolute Gasteiger partial charge is 0.316 e. The summed E-state index contributed by atoms with van der Waals surface area (Å²) in [6.45, 7) is 1.94. The SMILES string of the molecule is Cn1ccc(-c2cn(-c3ccc(F)cc3)nc2C2CCNC2)n1. The zero-order valence-corrected chi connectivity index (χ0v) is 12.9. The van der Waals surface area contributed by atoms with Gasteiger partial charge >= 0.3 is 0 Å². The second kappa shape index (κ2) is 5.62. The first-order valence-electron chi connectivity index (χ1n) is 7.77. The lowest BCUT2D eigenvalue weighted by atomic mass is 10.00. The predicted molar refractivity (Wildman–Crippen MR) is 86.0 cm³/mol. The third-order valence-corrected chi connectivity index (χ3v) is 4.27. The minimum atomic E-state index is -0.244. The van der Waals surface area contributed by atoms with Crippen molar-refractivity contribution in [2.75, 3.05) is 13.1 Å². The number of benzene rings is 1. The molecule has 1 atom stereocenters. The highest BCUT2D eigenvalue weighted by atomic mass is 19.1. The highest BCUT2D eigenvalue weighted by Crippen LogP contribution is 2.31. The third-order valence-electron chi connectivity index (χ3n) is 4.27. The Kier molecular flexibility index (Phi) is 3.46. The number of halogens is 1. The molecule has 1 N–H and O–H groups in total. The van der Waals surface area contributed by atoms with Crippen LogP contribution in [0.15, 0.2) is 42.7 Å². The topological polar surface area (TPSA) is 47.7 Å². The molecule has 3 heterocycles. The molecule has 4 rings (SSSR count). The first-order chi connectivity index (χ1) is 11.2. The van der Waals surface area contributed by atoms with E-state index in [4.69, 9.17) is 5.10 Å². The van der Waals surface area contributed by atoms with Gasteiger partial charge in [-0.3, -0.25) is 4.68 Å². The zero-order valence-electron chi connectivity index (χ0n) is 12.9. The number of aromatic nitrogens is 4. The summed E-state index contributed by atoms with van der Waals surface area (Å²) in [7, 11) is 1.91. The van der Waals surface area contributed by atoms with Gasteiger partial charge in [0.25, 0.3) is 0 Å². The Hall–Kier alpha value is -2.47. The van der Waals surface area contributed by atoms with Gasteiger partial charge in [-0.1, -0.05) is 0 Å². The number of nitrogens with one attached hydrogen (secondary N) is 1. The fourth-order valence-electron chi connectivity index (χ4n) is 3.06. The quantitative estimate of drug-likeness (QED) is 0.808. The van der Waals surface area contributed by atoms with E-state index in [9.17, 15) is 4.39 Å². The molecule has 5 nitrogen and oxygen atoms in total. The van der Waals surface area contributed by atoms with Crippen molar-refractivity contribution in [1.82, 2.24) is 24.9 Å². The molecule has 1 aliphatic heterocycles. The summed E-state index contributed by atoms with van der Waals surface area (Å²) in [6.07, 6.45) is 4.99. The summed E-state index contributed by atoms with van der Waals surface area (Å²) in [4.78, 5) is 0. The lowest BCUT2D eigenvalue weighted by molar-refractivity contribution is 0.626.